The number of carbonyl (C=O) groups excluding carboxylic acids is 4. The molecule has 2 saturated heterocycles. The Morgan fingerprint density at radius 2 is 1.04 bits per heavy atom. The van der Waals surface area contributed by atoms with Crippen LogP contribution in [0, 0.1) is 0 Å². The van der Waals surface area contributed by atoms with E-state index in [4.69, 9.17) is 33.2 Å². The second-order valence-electron chi connectivity index (χ2n) is 11.2. The lowest BCUT2D eigenvalue weighted by molar-refractivity contribution is -0.354. The number of carboxylic acids is 2. The second kappa shape index (κ2) is 16.8. The van der Waals surface area contributed by atoms with Crippen LogP contribution in [0.3, 0.4) is 0 Å². The smallest absolute Gasteiger partial charge is 0.339 e. The lowest BCUT2D eigenvalue weighted by Gasteiger charge is -2.46. The van der Waals surface area contributed by atoms with Crippen molar-refractivity contribution >= 4 is 35.8 Å². The molecule has 2 aromatic carbocycles. The Balaban J connectivity index is 1.64. The summed E-state index contributed by atoms with van der Waals surface area (Å²) in [5.74, 6) is -7.22. The quantitative estimate of drug-likeness (QED) is 0.112. The number of carboxylic acid groups (broad SMARTS) is 2. The van der Waals surface area contributed by atoms with E-state index in [0.717, 1.165) is 38.1 Å². The van der Waals surface area contributed by atoms with Crippen LogP contribution in [0.15, 0.2) is 48.5 Å². The van der Waals surface area contributed by atoms with Gasteiger partial charge in [-0.3, -0.25) is 9.59 Å². The third kappa shape index (κ3) is 9.21. The summed E-state index contributed by atoms with van der Waals surface area (Å²) in [6.45, 7) is 0.691. The minimum atomic E-state index is -2.13. The van der Waals surface area contributed by atoms with Gasteiger partial charge in [-0.2, -0.15) is 0 Å². The van der Waals surface area contributed by atoms with Gasteiger partial charge in [0.15, 0.2) is 24.8 Å². The Kier molecular flexibility index (Phi) is 12.8. The van der Waals surface area contributed by atoms with Gasteiger partial charge in [0.2, 0.25) is 0 Å². The number of aromatic carboxylic acids is 2. The van der Waals surface area contributed by atoms with Gasteiger partial charge in [0, 0.05) is 13.8 Å². The highest BCUT2D eigenvalue weighted by molar-refractivity contribution is 6.03. The fraction of sp³-hybridized carbons (Fsp3) is 0.438. The molecule has 19 nitrogen and oxygen atoms in total. The summed E-state index contributed by atoms with van der Waals surface area (Å²) in [6.07, 6.45) is -19.2. The first-order valence-corrected chi connectivity index (χ1v) is 15.1. The molecule has 0 bridgehead atoms. The number of rotatable bonds is 12. The number of esters is 4. The van der Waals surface area contributed by atoms with Crippen molar-refractivity contribution < 1.29 is 92.6 Å². The highest BCUT2D eigenvalue weighted by Gasteiger charge is 2.53. The summed E-state index contributed by atoms with van der Waals surface area (Å²) in [5.41, 5.74) is -1.84. The average molecular weight is 723 g/mol. The summed E-state index contributed by atoms with van der Waals surface area (Å²) in [5, 5.41) is 63.3. The maximum Gasteiger partial charge on any atom is 0.339 e. The van der Waals surface area contributed by atoms with E-state index < -0.39 is 133 Å². The monoisotopic (exact) mass is 722 g/mol. The van der Waals surface area contributed by atoms with Gasteiger partial charge in [-0.25, -0.2) is 19.2 Å². The van der Waals surface area contributed by atoms with E-state index in [0.29, 0.717) is 0 Å². The van der Waals surface area contributed by atoms with Gasteiger partial charge in [-0.15, -0.1) is 0 Å². The van der Waals surface area contributed by atoms with Crippen molar-refractivity contribution in [1.29, 1.82) is 0 Å². The lowest BCUT2D eigenvalue weighted by Crippen LogP contribution is -2.65. The molecule has 0 radical (unpaired) electrons. The molecule has 276 valence electrons. The Morgan fingerprint density at radius 3 is 1.51 bits per heavy atom. The molecule has 2 aromatic rings. The third-order valence-corrected chi connectivity index (χ3v) is 7.71. The largest absolute Gasteiger partial charge is 0.478 e. The van der Waals surface area contributed by atoms with Crippen LogP contribution in [0.2, 0.25) is 0 Å². The minimum absolute atomic E-state index is 0.452. The van der Waals surface area contributed by atoms with Crippen molar-refractivity contribution in [2.24, 2.45) is 0 Å². The van der Waals surface area contributed by atoms with Crippen molar-refractivity contribution in [3.8, 4) is 0 Å². The Bertz CT molecular complexity index is 1620. The highest BCUT2D eigenvalue weighted by atomic mass is 16.7. The van der Waals surface area contributed by atoms with Crippen LogP contribution in [0.5, 0.6) is 0 Å². The fourth-order valence-corrected chi connectivity index (χ4v) is 5.25. The van der Waals surface area contributed by atoms with Crippen LogP contribution in [0.25, 0.3) is 0 Å². The van der Waals surface area contributed by atoms with Crippen LogP contribution in [0.1, 0.15) is 55.3 Å². The molecule has 0 spiro atoms. The van der Waals surface area contributed by atoms with Crippen molar-refractivity contribution in [3.63, 3.8) is 0 Å². The molecule has 4 rings (SSSR count). The van der Waals surface area contributed by atoms with E-state index in [9.17, 15) is 59.4 Å². The van der Waals surface area contributed by atoms with Gasteiger partial charge in [-0.1, -0.05) is 24.3 Å². The van der Waals surface area contributed by atoms with E-state index in [-0.39, 0.29) is 0 Å². The number of benzene rings is 2. The molecular weight excluding hydrogens is 688 g/mol. The topological polar surface area (TPSA) is 288 Å². The lowest BCUT2D eigenvalue weighted by atomic mass is 9.96. The van der Waals surface area contributed by atoms with Crippen molar-refractivity contribution in [1.82, 2.24) is 0 Å². The average Bonchev–Trinajstić information content (AvgIpc) is 3.08. The maximum absolute atomic E-state index is 13.1. The first-order chi connectivity index (χ1) is 24.1. The molecule has 10 atom stereocenters. The zero-order chi connectivity index (χ0) is 37.6. The van der Waals surface area contributed by atoms with Crippen LogP contribution < -0.4 is 0 Å². The molecule has 6 N–H and O–H groups in total. The Labute approximate surface area is 287 Å². The van der Waals surface area contributed by atoms with E-state index >= 15 is 0 Å². The second-order valence-corrected chi connectivity index (χ2v) is 11.2. The molecule has 0 aliphatic carbocycles. The number of hydrogen-bond acceptors (Lipinski definition) is 17. The van der Waals surface area contributed by atoms with Gasteiger partial charge < -0.3 is 63.8 Å². The van der Waals surface area contributed by atoms with Crippen LogP contribution in [-0.2, 0) is 42.7 Å². The highest BCUT2D eigenvalue weighted by Crippen LogP contribution is 2.32. The molecule has 2 heterocycles. The van der Waals surface area contributed by atoms with Gasteiger partial charge in [0.25, 0.3) is 0 Å². The van der Waals surface area contributed by atoms with Gasteiger partial charge in [0.1, 0.15) is 49.8 Å². The molecule has 0 amide bonds. The molecule has 0 saturated carbocycles. The SMILES string of the molecule is CC(=O)OC[C@@H]1O[C@H](O[C@@H]2[C@@H](O)[C@H](OC(=O)c3ccccc3C(=O)O)[C@@H](O)O[C@H]2COC(C)=O)[C@@H](O)[C@H](OC(=O)c2ccccc2C(=O)O)[C@H]1O. The van der Waals surface area contributed by atoms with Crippen molar-refractivity contribution in [2.75, 3.05) is 13.2 Å². The Morgan fingerprint density at radius 1 is 0.588 bits per heavy atom. The third-order valence-electron chi connectivity index (χ3n) is 7.71. The van der Waals surface area contributed by atoms with Gasteiger partial charge in [-0.05, 0) is 24.3 Å². The molecule has 0 unspecified atom stereocenters. The number of ether oxygens (including phenoxy) is 7. The molecule has 51 heavy (non-hydrogen) atoms. The van der Waals surface area contributed by atoms with Crippen LogP contribution in [0.4, 0.5) is 0 Å². The fourth-order valence-electron chi connectivity index (χ4n) is 5.25. The van der Waals surface area contributed by atoms with E-state index in [1.807, 2.05) is 0 Å². The standard InChI is InChI=1S/C32H34O19/c1-13(33)45-11-19-21(35)25(49-29(42)17-9-5-3-7-15(17)27(38)39)23(37)32(48-19)51-24-20(12-46-14(2)34)47-31(44)26(22(24)36)50-30(43)18-10-6-4-8-16(18)28(40)41/h3-10,19-26,31-32,35-37,44H,11-12H2,1-2H3,(H,38,39)(H,40,41)/t19-,20-,21-,22+,23-,24-,25+,26-,31-,32+/m0/s1. The predicted molar refractivity (Wildman–Crippen MR) is 161 cm³/mol. The van der Waals surface area contributed by atoms with Gasteiger partial charge >= 0.3 is 35.8 Å². The Hall–Kier alpha value is -5.02. The number of aliphatic hydroxyl groups is 4. The molecule has 2 fully saturated rings. The molecule has 19 heteroatoms. The van der Waals surface area contributed by atoms with E-state index in [1.165, 1.54) is 24.3 Å². The van der Waals surface area contributed by atoms with Crippen LogP contribution in [-0.4, -0.2) is 141 Å². The maximum atomic E-state index is 13.1. The molecule has 2 aliphatic rings. The number of aliphatic hydroxyl groups excluding tert-OH is 4. The number of hydrogen-bond donors (Lipinski definition) is 6. The summed E-state index contributed by atoms with van der Waals surface area (Å²) >= 11 is 0. The number of carbonyl (C=O) groups is 6. The first kappa shape index (κ1) is 38.8. The summed E-state index contributed by atoms with van der Waals surface area (Å²) < 4.78 is 37.3. The zero-order valence-electron chi connectivity index (χ0n) is 26.8. The molecule has 2 aliphatic heterocycles. The summed E-state index contributed by atoms with van der Waals surface area (Å²) in [6, 6.07) is 9.80. The summed E-state index contributed by atoms with van der Waals surface area (Å²) in [7, 11) is 0. The zero-order valence-corrected chi connectivity index (χ0v) is 26.8. The van der Waals surface area contributed by atoms with Crippen molar-refractivity contribution in [2.45, 2.75) is 75.3 Å². The summed E-state index contributed by atoms with van der Waals surface area (Å²) in [4.78, 5) is 72.6. The molecule has 0 aromatic heterocycles. The normalized spacial score (nSPS) is 28.9. The van der Waals surface area contributed by atoms with Gasteiger partial charge in [0.05, 0.1) is 22.3 Å². The van der Waals surface area contributed by atoms with E-state index in [1.54, 1.807) is 0 Å². The first-order valence-electron chi connectivity index (χ1n) is 15.1. The molecular formula is C32H34O19. The predicted octanol–water partition coefficient (Wildman–Crippen LogP) is -1.13. The van der Waals surface area contributed by atoms with E-state index in [2.05, 4.69) is 0 Å². The van der Waals surface area contributed by atoms with Crippen molar-refractivity contribution in [3.05, 3.63) is 70.8 Å². The van der Waals surface area contributed by atoms with Crippen LogP contribution >= 0.6 is 0 Å². The minimum Gasteiger partial charge on any atom is -0.478 e.